The molecule has 2 N–H and O–H groups in total. The second kappa shape index (κ2) is 6.81. The Bertz CT molecular complexity index is 337. The minimum Gasteiger partial charge on any atom is -0.379 e. The van der Waals surface area contributed by atoms with Crippen LogP contribution in [-0.2, 0) is 14.8 Å². The molecule has 2 rings (SSSR count). The summed E-state index contributed by atoms with van der Waals surface area (Å²) in [5.41, 5.74) is 0. The zero-order valence-corrected chi connectivity index (χ0v) is 11.5. The summed E-state index contributed by atoms with van der Waals surface area (Å²) in [5, 5.41) is 3.21. The van der Waals surface area contributed by atoms with Crippen molar-refractivity contribution in [1.82, 2.24) is 14.9 Å². The largest absolute Gasteiger partial charge is 0.379 e. The highest BCUT2D eigenvalue weighted by Crippen LogP contribution is 2.17. The maximum atomic E-state index is 11.7. The standard InChI is InChI=1S/C11H23N3O3S/c15-18(16,10-4-12-11-1-2-11)13-3-5-14-6-8-17-9-7-14/h11-13H,1-10H2. The predicted molar refractivity (Wildman–Crippen MR) is 70.1 cm³/mol. The van der Waals surface area contributed by atoms with Crippen molar-refractivity contribution in [2.45, 2.75) is 18.9 Å². The molecular weight excluding hydrogens is 254 g/mol. The van der Waals surface area contributed by atoms with E-state index in [2.05, 4.69) is 14.9 Å². The lowest BCUT2D eigenvalue weighted by Gasteiger charge is -2.26. The second-order valence-electron chi connectivity index (χ2n) is 4.90. The van der Waals surface area contributed by atoms with E-state index in [1.807, 2.05) is 0 Å². The molecular formula is C11H23N3O3S. The predicted octanol–water partition coefficient (Wildman–Crippen LogP) is -1.01. The first-order chi connectivity index (χ1) is 8.66. The number of nitrogens with zero attached hydrogens (tertiary/aromatic N) is 1. The van der Waals surface area contributed by atoms with Crippen LogP contribution in [-0.4, -0.2) is 71.0 Å². The van der Waals surface area contributed by atoms with Crippen molar-refractivity contribution < 1.29 is 13.2 Å². The van der Waals surface area contributed by atoms with Crippen molar-refractivity contribution >= 4 is 10.0 Å². The Morgan fingerprint density at radius 1 is 1.17 bits per heavy atom. The van der Waals surface area contributed by atoms with Crippen LogP contribution >= 0.6 is 0 Å². The average molecular weight is 277 g/mol. The second-order valence-corrected chi connectivity index (χ2v) is 6.82. The Hall–Kier alpha value is -0.210. The van der Waals surface area contributed by atoms with Crippen LogP contribution in [0.25, 0.3) is 0 Å². The fourth-order valence-electron chi connectivity index (χ4n) is 1.94. The lowest BCUT2D eigenvalue weighted by atomic mass is 10.4. The SMILES string of the molecule is O=S(=O)(CCNC1CC1)NCCN1CCOCC1. The van der Waals surface area contributed by atoms with Gasteiger partial charge in [-0.15, -0.1) is 0 Å². The molecule has 2 aliphatic rings. The van der Waals surface area contributed by atoms with Crippen LogP contribution < -0.4 is 10.0 Å². The van der Waals surface area contributed by atoms with Crippen LogP contribution in [0.2, 0.25) is 0 Å². The fourth-order valence-corrected chi connectivity index (χ4v) is 2.87. The topological polar surface area (TPSA) is 70.7 Å². The molecule has 2 fully saturated rings. The number of hydrogen-bond donors (Lipinski definition) is 2. The summed E-state index contributed by atoms with van der Waals surface area (Å²) in [7, 11) is -3.12. The molecule has 0 aromatic carbocycles. The van der Waals surface area contributed by atoms with Gasteiger partial charge < -0.3 is 10.1 Å². The number of nitrogens with one attached hydrogen (secondary N) is 2. The molecule has 1 aliphatic carbocycles. The molecule has 0 aromatic heterocycles. The third-order valence-corrected chi connectivity index (χ3v) is 4.62. The Balaban J connectivity index is 1.55. The molecule has 1 saturated heterocycles. The van der Waals surface area contributed by atoms with Gasteiger partial charge in [0.25, 0.3) is 0 Å². The molecule has 0 aromatic rings. The zero-order chi connectivity index (χ0) is 12.8. The Morgan fingerprint density at radius 3 is 2.56 bits per heavy atom. The monoisotopic (exact) mass is 277 g/mol. The van der Waals surface area contributed by atoms with E-state index in [9.17, 15) is 8.42 Å². The minimum absolute atomic E-state index is 0.173. The van der Waals surface area contributed by atoms with Crippen molar-refractivity contribution in [2.75, 3.05) is 51.7 Å². The molecule has 1 saturated carbocycles. The number of morpholine rings is 1. The molecule has 0 amide bonds. The maximum absolute atomic E-state index is 11.7. The minimum atomic E-state index is -3.12. The van der Waals surface area contributed by atoms with E-state index in [1.54, 1.807) is 0 Å². The van der Waals surface area contributed by atoms with Crippen molar-refractivity contribution in [2.24, 2.45) is 0 Å². The van der Waals surface area contributed by atoms with Crippen LogP contribution in [0.15, 0.2) is 0 Å². The maximum Gasteiger partial charge on any atom is 0.212 e. The molecule has 1 aliphatic heterocycles. The van der Waals surface area contributed by atoms with E-state index in [1.165, 1.54) is 12.8 Å². The fraction of sp³-hybridized carbons (Fsp3) is 1.00. The quantitative estimate of drug-likeness (QED) is 0.595. The highest BCUT2D eigenvalue weighted by molar-refractivity contribution is 7.89. The van der Waals surface area contributed by atoms with Gasteiger partial charge in [-0.1, -0.05) is 0 Å². The molecule has 6 nitrogen and oxygen atoms in total. The van der Waals surface area contributed by atoms with Crippen molar-refractivity contribution in [1.29, 1.82) is 0 Å². The van der Waals surface area contributed by atoms with Crippen LogP contribution in [0.3, 0.4) is 0 Å². The lowest BCUT2D eigenvalue weighted by Crippen LogP contribution is -2.42. The number of rotatable bonds is 8. The molecule has 1 heterocycles. The lowest BCUT2D eigenvalue weighted by molar-refractivity contribution is 0.0390. The van der Waals surface area contributed by atoms with Gasteiger partial charge in [0.05, 0.1) is 19.0 Å². The number of hydrogen-bond acceptors (Lipinski definition) is 5. The first-order valence-corrected chi connectivity index (χ1v) is 8.32. The Labute approximate surface area is 109 Å². The van der Waals surface area contributed by atoms with Gasteiger partial charge in [-0.2, -0.15) is 0 Å². The summed E-state index contributed by atoms with van der Waals surface area (Å²) < 4.78 is 31.2. The first kappa shape index (κ1) is 14.2. The molecule has 7 heteroatoms. The molecule has 0 bridgehead atoms. The van der Waals surface area contributed by atoms with E-state index in [-0.39, 0.29) is 5.75 Å². The van der Waals surface area contributed by atoms with Gasteiger partial charge >= 0.3 is 0 Å². The van der Waals surface area contributed by atoms with Gasteiger partial charge in [0.15, 0.2) is 0 Å². The first-order valence-electron chi connectivity index (χ1n) is 6.66. The summed E-state index contributed by atoms with van der Waals surface area (Å²) in [6.07, 6.45) is 2.37. The smallest absolute Gasteiger partial charge is 0.212 e. The van der Waals surface area contributed by atoms with Crippen molar-refractivity contribution in [3.63, 3.8) is 0 Å². The summed E-state index contributed by atoms with van der Waals surface area (Å²) in [6, 6.07) is 0.563. The summed E-state index contributed by atoms with van der Waals surface area (Å²) in [4.78, 5) is 2.22. The van der Waals surface area contributed by atoms with Gasteiger partial charge in [0.2, 0.25) is 10.0 Å². The van der Waals surface area contributed by atoms with E-state index in [0.29, 0.717) is 19.1 Å². The van der Waals surface area contributed by atoms with E-state index in [0.717, 1.165) is 32.8 Å². The Kier molecular flexibility index (Phi) is 5.38. The third-order valence-electron chi connectivity index (χ3n) is 3.23. The normalized spacial score (nSPS) is 22.2. The van der Waals surface area contributed by atoms with Crippen LogP contribution in [0.1, 0.15) is 12.8 Å². The van der Waals surface area contributed by atoms with Gasteiger partial charge in [-0.25, -0.2) is 13.1 Å². The van der Waals surface area contributed by atoms with Crippen LogP contribution in [0.5, 0.6) is 0 Å². The number of sulfonamides is 1. The van der Waals surface area contributed by atoms with Crippen molar-refractivity contribution in [3.05, 3.63) is 0 Å². The van der Waals surface area contributed by atoms with Gasteiger partial charge in [-0.05, 0) is 12.8 Å². The summed E-state index contributed by atoms with van der Waals surface area (Å²) in [6.45, 7) is 5.09. The third kappa shape index (κ3) is 5.62. The molecule has 106 valence electrons. The van der Waals surface area contributed by atoms with E-state index in [4.69, 9.17) is 4.74 Å². The van der Waals surface area contributed by atoms with Gasteiger partial charge in [0.1, 0.15) is 0 Å². The molecule has 0 unspecified atom stereocenters. The van der Waals surface area contributed by atoms with E-state index >= 15 is 0 Å². The summed E-state index contributed by atoms with van der Waals surface area (Å²) in [5.74, 6) is 0.173. The van der Waals surface area contributed by atoms with Gasteiger partial charge in [0, 0.05) is 38.8 Å². The average Bonchev–Trinajstić information content (AvgIpc) is 3.14. The van der Waals surface area contributed by atoms with Gasteiger partial charge in [-0.3, -0.25) is 4.90 Å². The molecule has 18 heavy (non-hydrogen) atoms. The van der Waals surface area contributed by atoms with Crippen molar-refractivity contribution in [3.8, 4) is 0 Å². The van der Waals surface area contributed by atoms with Crippen LogP contribution in [0.4, 0.5) is 0 Å². The van der Waals surface area contributed by atoms with E-state index < -0.39 is 10.0 Å². The highest BCUT2D eigenvalue weighted by Gasteiger charge is 2.21. The summed E-state index contributed by atoms with van der Waals surface area (Å²) >= 11 is 0. The number of ether oxygens (including phenoxy) is 1. The molecule has 0 atom stereocenters. The Morgan fingerprint density at radius 2 is 1.89 bits per heavy atom. The molecule has 0 spiro atoms. The highest BCUT2D eigenvalue weighted by atomic mass is 32.2. The zero-order valence-electron chi connectivity index (χ0n) is 10.7. The van der Waals surface area contributed by atoms with Crippen LogP contribution in [0, 0.1) is 0 Å². The molecule has 0 radical (unpaired) electrons.